The number of thiophene rings is 1. The summed E-state index contributed by atoms with van der Waals surface area (Å²) in [5.74, 6) is 3.63. The number of halogens is 1. The lowest BCUT2D eigenvalue weighted by Gasteiger charge is -2.31. The molecular formula is C14H18ClNOS2. The molecule has 2 nitrogen and oxygen atoms in total. The van der Waals surface area contributed by atoms with E-state index in [-0.39, 0.29) is 5.91 Å². The molecular weight excluding hydrogens is 298 g/mol. The molecule has 2 aliphatic rings. The number of nitrogens with zero attached hydrogens (tertiary/aromatic N) is 1. The van der Waals surface area contributed by atoms with Crippen LogP contribution in [0.15, 0.2) is 6.07 Å². The molecule has 2 aliphatic heterocycles. The highest BCUT2D eigenvalue weighted by atomic mass is 35.5. The van der Waals surface area contributed by atoms with E-state index in [9.17, 15) is 4.79 Å². The molecule has 1 saturated heterocycles. The molecule has 0 saturated carbocycles. The summed E-state index contributed by atoms with van der Waals surface area (Å²) in [6.45, 7) is 1.73. The van der Waals surface area contributed by atoms with Gasteiger partial charge in [0.15, 0.2) is 0 Å². The molecule has 104 valence electrons. The lowest BCUT2D eigenvalue weighted by molar-refractivity contribution is 0.0689. The smallest absolute Gasteiger partial charge is 0.263 e. The molecule has 1 unspecified atom stereocenters. The molecule has 5 heteroatoms. The minimum Gasteiger partial charge on any atom is -0.338 e. The van der Waals surface area contributed by atoms with Crippen molar-refractivity contribution in [1.82, 2.24) is 4.90 Å². The van der Waals surface area contributed by atoms with Crippen LogP contribution >= 0.6 is 34.7 Å². The third-order valence-electron chi connectivity index (χ3n) is 3.86. The average molecular weight is 316 g/mol. The van der Waals surface area contributed by atoms with Crippen molar-refractivity contribution in [3.8, 4) is 0 Å². The van der Waals surface area contributed by atoms with Crippen molar-refractivity contribution in [3.63, 3.8) is 0 Å². The predicted molar refractivity (Wildman–Crippen MR) is 83.5 cm³/mol. The van der Waals surface area contributed by atoms with E-state index in [0.717, 1.165) is 43.0 Å². The Balaban J connectivity index is 1.74. The number of hydrogen-bond acceptors (Lipinski definition) is 3. The van der Waals surface area contributed by atoms with Gasteiger partial charge >= 0.3 is 0 Å². The second-order valence-corrected chi connectivity index (χ2v) is 7.83. The first-order valence-corrected chi connectivity index (χ1v) is 9.33. The number of rotatable bonds is 2. The van der Waals surface area contributed by atoms with E-state index < -0.39 is 0 Å². The van der Waals surface area contributed by atoms with Crippen LogP contribution < -0.4 is 0 Å². The van der Waals surface area contributed by atoms with Crippen molar-refractivity contribution in [2.24, 2.45) is 5.92 Å². The van der Waals surface area contributed by atoms with Gasteiger partial charge in [0.1, 0.15) is 0 Å². The molecule has 0 spiro atoms. The molecule has 3 heterocycles. The van der Waals surface area contributed by atoms with E-state index in [1.54, 1.807) is 11.3 Å². The quantitative estimate of drug-likeness (QED) is 0.777. The molecule has 1 amide bonds. The standard InChI is InChI=1S/C14H18ClNOS2/c15-7-10-2-1-4-16(8-10)14(17)13-6-11-9-18-5-3-12(11)19-13/h6,10H,1-5,7-9H2. The van der Waals surface area contributed by atoms with Crippen LogP contribution in [0.1, 0.15) is 33.0 Å². The Kier molecular flexibility index (Phi) is 4.40. The van der Waals surface area contributed by atoms with Gasteiger partial charge in [-0.1, -0.05) is 0 Å². The molecule has 19 heavy (non-hydrogen) atoms. The molecule has 1 aromatic rings. The summed E-state index contributed by atoms with van der Waals surface area (Å²) >= 11 is 9.62. The second-order valence-electron chi connectivity index (χ2n) is 5.28. The maximum atomic E-state index is 12.6. The third-order valence-corrected chi connectivity index (χ3v) is 6.53. The van der Waals surface area contributed by atoms with Crippen LogP contribution in [0.3, 0.4) is 0 Å². The van der Waals surface area contributed by atoms with Crippen LogP contribution in [0, 0.1) is 5.92 Å². The van der Waals surface area contributed by atoms with Gasteiger partial charge in [0, 0.05) is 29.6 Å². The first-order valence-electron chi connectivity index (χ1n) is 6.82. The summed E-state index contributed by atoms with van der Waals surface area (Å²) < 4.78 is 0. The molecule has 1 aromatic heterocycles. The number of alkyl halides is 1. The highest BCUT2D eigenvalue weighted by molar-refractivity contribution is 7.98. The molecule has 0 N–H and O–H groups in total. The van der Waals surface area contributed by atoms with Crippen LogP contribution in [0.5, 0.6) is 0 Å². The minimum atomic E-state index is 0.221. The summed E-state index contributed by atoms with van der Waals surface area (Å²) in [4.78, 5) is 16.9. The normalized spacial score (nSPS) is 23.2. The highest BCUT2D eigenvalue weighted by Crippen LogP contribution is 2.32. The number of likely N-dealkylation sites (tertiary alicyclic amines) is 1. The number of thioether (sulfide) groups is 1. The third kappa shape index (κ3) is 2.96. The first-order chi connectivity index (χ1) is 9.28. The number of carbonyl (C=O) groups is 1. The van der Waals surface area contributed by atoms with E-state index in [1.807, 2.05) is 16.7 Å². The van der Waals surface area contributed by atoms with Crippen molar-refractivity contribution in [2.45, 2.75) is 25.0 Å². The molecule has 3 rings (SSSR count). The van der Waals surface area contributed by atoms with Gasteiger partial charge in [-0.2, -0.15) is 11.8 Å². The number of aryl methyl sites for hydroxylation is 1. The Morgan fingerprint density at radius 2 is 2.42 bits per heavy atom. The average Bonchev–Trinajstić information content (AvgIpc) is 2.90. The summed E-state index contributed by atoms with van der Waals surface area (Å²) in [5, 5.41) is 0. The Morgan fingerprint density at radius 3 is 3.21 bits per heavy atom. The number of fused-ring (bicyclic) bond motifs is 1. The number of amides is 1. The number of piperidine rings is 1. The Bertz CT molecular complexity index is 451. The summed E-state index contributed by atoms with van der Waals surface area (Å²) in [6.07, 6.45) is 3.37. The van der Waals surface area contributed by atoms with Crippen LogP contribution in [0.2, 0.25) is 0 Å². The van der Waals surface area contributed by atoms with Gasteiger partial charge in [-0.15, -0.1) is 22.9 Å². The van der Waals surface area contributed by atoms with Crippen LogP contribution in [0.25, 0.3) is 0 Å². The Hall–Kier alpha value is -0.190. The summed E-state index contributed by atoms with van der Waals surface area (Å²) in [5.41, 5.74) is 1.38. The molecule has 1 atom stereocenters. The SMILES string of the molecule is O=C(c1cc2c(s1)CCSC2)N1CCCC(CCl)C1. The van der Waals surface area contributed by atoms with Crippen LogP contribution in [-0.2, 0) is 12.2 Å². The molecule has 0 aliphatic carbocycles. The van der Waals surface area contributed by atoms with E-state index in [1.165, 1.54) is 16.2 Å². The van der Waals surface area contributed by atoms with E-state index in [0.29, 0.717) is 11.8 Å². The lowest BCUT2D eigenvalue weighted by atomic mass is 10.00. The van der Waals surface area contributed by atoms with Gasteiger partial charge < -0.3 is 4.90 Å². The zero-order chi connectivity index (χ0) is 13.2. The van der Waals surface area contributed by atoms with Crippen LogP contribution in [0.4, 0.5) is 0 Å². The van der Waals surface area contributed by atoms with E-state index >= 15 is 0 Å². The lowest BCUT2D eigenvalue weighted by Crippen LogP contribution is -2.40. The van der Waals surface area contributed by atoms with E-state index in [2.05, 4.69) is 6.07 Å². The highest BCUT2D eigenvalue weighted by Gasteiger charge is 2.26. The molecule has 0 bridgehead atoms. The van der Waals surface area contributed by atoms with Crippen molar-refractivity contribution in [3.05, 3.63) is 21.4 Å². The summed E-state index contributed by atoms with van der Waals surface area (Å²) in [6, 6.07) is 2.12. The first kappa shape index (κ1) is 13.8. The van der Waals surface area contributed by atoms with Crippen molar-refractivity contribution in [1.29, 1.82) is 0 Å². The molecule has 0 aromatic carbocycles. The topological polar surface area (TPSA) is 20.3 Å². The van der Waals surface area contributed by atoms with Crippen LogP contribution in [-0.4, -0.2) is 35.5 Å². The number of carbonyl (C=O) groups excluding carboxylic acids is 1. The Morgan fingerprint density at radius 1 is 1.53 bits per heavy atom. The maximum absolute atomic E-state index is 12.6. The van der Waals surface area contributed by atoms with E-state index in [4.69, 9.17) is 11.6 Å². The fraction of sp³-hybridized carbons (Fsp3) is 0.643. The largest absolute Gasteiger partial charge is 0.338 e. The molecule has 0 radical (unpaired) electrons. The Labute approximate surface area is 127 Å². The molecule has 1 fully saturated rings. The minimum absolute atomic E-state index is 0.221. The zero-order valence-electron chi connectivity index (χ0n) is 10.9. The van der Waals surface area contributed by atoms with Gasteiger partial charge in [-0.25, -0.2) is 0 Å². The second kappa shape index (κ2) is 6.06. The number of hydrogen-bond donors (Lipinski definition) is 0. The summed E-state index contributed by atoms with van der Waals surface area (Å²) in [7, 11) is 0. The van der Waals surface area contributed by atoms with Gasteiger partial charge in [0.25, 0.3) is 5.91 Å². The fourth-order valence-corrected chi connectivity index (χ4v) is 5.38. The fourth-order valence-electron chi connectivity index (χ4n) is 2.78. The van der Waals surface area contributed by atoms with Gasteiger partial charge in [0.05, 0.1) is 4.88 Å². The van der Waals surface area contributed by atoms with Gasteiger partial charge in [-0.05, 0) is 42.6 Å². The maximum Gasteiger partial charge on any atom is 0.263 e. The van der Waals surface area contributed by atoms with Gasteiger partial charge in [-0.3, -0.25) is 4.79 Å². The zero-order valence-corrected chi connectivity index (χ0v) is 13.3. The van der Waals surface area contributed by atoms with Crippen molar-refractivity contribution >= 4 is 40.6 Å². The van der Waals surface area contributed by atoms with Crippen molar-refractivity contribution in [2.75, 3.05) is 24.7 Å². The monoisotopic (exact) mass is 315 g/mol. The van der Waals surface area contributed by atoms with Crippen molar-refractivity contribution < 1.29 is 4.79 Å². The van der Waals surface area contributed by atoms with Gasteiger partial charge in [0.2, 0.25) is 0 Å². The predicted octanol–water partition coefficient (Wildman–Crippen LogP) is 3.63.